The lowest BCUT2D eigenvalue weighted by Gasteiger charge is -2.62. The van der Waals surface area contributed by atoms with Crippen LogP contribution in [0, 0.1) is 40.4 Å². The predicted molar refractivity (Wildman–Crippen MR) is 210 cm³/mol. The maximum Gasteiger partial charge on any atom is 0.187 e. The largest absolute Gasteiger partial charge is 0.394 e. The first kappa shape index (κ1) is 45.2. The van der Waals surface area contributed by atoms with Crippen LogP contribution in [0.1, 0.15) is 92.4 Å². The molecule has 9 rings (SSSR count). The molecule has 348 valence electrons. The summed E-state index contributed by atoms with van der Waals surface area (Å²) in [6, 6.07) is 0. The molecular formula is C44H70O17. The average molecular weight is 871 g/mol. The molecule has 5 aliphatic heterocycles. The van der Waals surface area contributed by atoms with E-state index in [1.54, 1.807) is 0 Å². The first-order valence-corrected chi connectivity index (χ1v) is 22.9. The van der Waals surface area contributed by atoms with Crippen LogP contribution in [0.2, 0.25) is 0 Å². The number of fused-ring (bicyclic) bond motifs is 7. The minimum atomic E-state index is -1.73. The maximum absolute atomic E-state index is 13.0. The number of rotatable bonds is 7. The standard InChI is InChI=1S/C44H70O17/c1-19-8-13-44(55-17-19)20(2)29-27(61-44)15-43(53)25-7-6-22-14-23(9-11-41(22,4)24(25)10-12-42(29,43)5)57-40-37(60-39-34(51)32(49)30(47)21(3)56-39)35(52)36(28(16-45)58-40)59-38-33(50)31(48)26(46)18-54-38/h6,19-21,23-40,45-53H,7-18H2,1-5H3/t19-,20-,21-,23+,24-,25+,26+,27-,28+,29-,30-,31-,32-,33+,34-,35-,36+,37+,38+,39+,40+,41-,42+,43+,44+/m1/s1. The van der Waals surface area contributed by atoms with Crippen LogP contribution in [-0.2, 0) is 37.9 Å². The van der Waals surface area contributed by atoms with Gasteiger partial charge >= 0.3 is 0 Å². The zero-order chi connectivity index (χ0) is 43.6. The Morgan fingerprint density at radius 1 is 0.738 bits per heavy atom. The molecule has 9 aliphatic rings. The summed E-state index contributed by atoms with van der Waals surface area (Å²) in [6.45, 7) is 10.3. The van der Waals surface area contributed by atoms with E-state index in [4.69, 9.17) is 37.9 Å². The van der Waals surface area contributed by atoms with Gasteiger partial charge in [0.1, 0.15) is 61.0 Å². The van der Waals surface area contributed by atoms with Gasteiger partial charge in [-0.25, -0.2) is 0 Å². The summed E-state index contributed by atoms with van der Waals surface area (Å²) in [5.41, 5.74) is -0.160. The Bertz CT molecular complexity index is 1610. The van der Waals surface area contributed by atoms with Crippen LogP contribution >= 0.6 is 0 Å². The van der Waals surface area contributed by atoms with Gasteiger partial charge in [0.25, 0.3) is 0 Å². The van der Waals surface area contributed by atoms with E-state index >= 15 is 0 Å². The minimum absolute atomic E-state index is 0.0513. The quantitative estimate of drug-likeness (QED) is 0.152. The Labute approximate surface area is 357 Å². The molecule has 0 amide bonds. The summed E-state index contributed by atoms with van der Waals surface area (Å²) >= 11 is 0. The van der Waals surface area contributed by atoms with Crippen molar-refractivity contribution in [3.63, 3.8) is 0 Å². The number of hydrogen-bond acceptors (Lipinski definition) is 17. The van der Waals surface area contributed by atoms with Crippen LogP contribution in [0.4, 0.5) is 0 Å². The molecule has 61 heavy (non-hydrogen) atoms. The van der Waals surface area contributed by atoms with Gasteiger partial charge in [-0.3, -0.25) is 0 Å². The van der Waals surface area contributed by atoms with Crippen molar-refractivity contribution in [3.05, 3.63) is 11.6 Å². The average Bonchev–Trinajstić information content (AvgIpc) is 3.63. The van der Waals surface area contributed by atoms with Gasteiger partial charge in [-0.15, -0.1) is 0 Å². The Hall–Kier alpha value is -0.940. The van der Waals surface area contributed by atoms with Crippen molar-refractivity contribution in [2.75, 3.05) is 19.8 Å². The van der Waals surface area contributed by atoms with E-state index in [2.05, 4.69) is 33.8 Å². The van der Waals surface area contributed by atoms with Gasteiger partial charge in [0, 0.05) is 30.1 Å². The molecule has 1 spiro atoms. The van der Waals surface area contributed by atoms with E-state index in [1.807, 2.05) is 0 Å². The second kappa shape index (κ2) is 16.4. The molecule has 8 fully saturated rings. The third-order valence-corrected chi connectivity index (χ3v) is 17.5. The molecule has 0 radical (unpaired) electrons. The van der Waals surface area contributed by atoms with E-state index in [9.17, 15) is 46.0 Å². The van der Waals surface area contributed by atoms with E-state index in [-0.39, 0.29) is 47.2 Å². The fourth-order valence-corrected chi connectivity index (χ4v) is 13.7. The number of allylic oxidation sites excluding steroid dienone is 1. The minimum Gasteiger partial charge on any atom is -0.394 e. The maximum atomic E-state index is 13.0. The summed E-state index contributed by atoms with van der Waals surface area (Å²) in [5.74, 6) is 0.647. The Morgan fingerprint density at radius 2 is 1.48 bits per heavy atom. The van der Waals surface area contributed by atoms with Gasteiger partial charge < -0.3 is 83.9 Å². The molecule has 0 unspecified atom stereocenters. The van der Waals surface area contributed by atoms with E-state index < -0.39 is 110 Å². The lowest BCUT2D eigenvalue weighted by Crippen LogP contribution is -2.66. The zero-order valence-electron chi connectivity index (χ0n) is 36.0. The normalized spacial score (nSPS) is 58.4. The Balaban J connectivity index is 0.925. The topological polar surface area (TPSA) is 256 Å². The van der Waals surface area contributed by atoms with Crippen molar-refractivity contribution in [1.29, 1.82) is 0 Å². The fraction of sp³-hybridized carbons (Fsp3) is 0.955. The van der Waals surface area contributed by atoms with Gasteiger partial charge in [0.15, 0.2) is 24.7 Å². The lowest BCUT2D eigenvalue weighted by atomic mass is 9.45. The predicted octanol–water partition coefficient (Wildman–Crippen LogP) is -0.0319. The molecule has 25 atom stereocenters. The molecule has 5 heterocycles. The molecule has 0 aromatic rings. The fourth-order valence-electron chi connectivity index (χ4n) is 13.7. The van der Waals surface area contributed by atoms with Gasteiger partial charge in [-0.05, 0) is 75.0 Å². The highest BCUT2D eigenvalue weighted by molar-refractivity contribution is 5.29. The monoisotopic (exact) mass is 870 g/mol. The third kappa shape index (κ3) is 7.14. The molecule has 0 aromatic carbocycles. The van der Waals surface area contributed by atoms with Crippen molar-refractivity contribution in [3.8, 4) is 0 Å². The summed E-state index contributed by atoms with van der Waals surface area (Å²) in [4.78, 5) is 0. The first-order chi connectivity index (χ1) is 28.9. The van der Waals surface area contributed by atoms with Gasteiger partial charge in [0.2, 0.25) is 0 Å². The second-order valence-electron chi connectivity index (χ2n) is 20.8. The molecular weight excluding hydrogens is 800 g/mol. The van der Waals surface area contributed by atoms with Crippen LogP contribution < -0.4 is 0 Å². The van der Waals surface area contributed by atoms with Crippen molar-refractivity contribution < 1.29 is 83.9 Å². The summed E-state index contributed by atoms with van der Waals surface area (Å²) in [7, 11) is 0. The SMILES string of the molecule is C[C@@H]1CC[C@]2(OC1)O[C@@H]1C[C@]3(O)[C@H]4CC=C5C[C@@H](O[C@H]6O[C@@H](CO)[C@H](O[C@@H]7OC[C@H](O)[C@@H](O)[C@@H]7O)[C@@H](O)[C@@H]6O[C@@H]6O[C@H](C)[C@@H](O)[C@@H](O)[C@H]6O)CC[C@@]5(C)[C@@H]4CC[C@@]3(C)[C@@H]1[C@H]2C. The zero-order valence-corrected chi connectivity index (χ0v) is 36.0. The number of ether oxygens (including phenoxy) is 8. The van der Waals surface area contributed by atoms with Crippen LogP contribution in [-0.4, -0.2) is 175 Å². The number of aliphatic hydroxyl groups excluding tert-OH is 8. The van der Waals surface area contributed by atoms with Crippen LogP contribution in [0.5, 0.6) is 0 Å². The van der Waals surface area contributed by atoms with Crippen molar-refractivity contribution in [1.82, 2.24) is 0 Å². The molecule has 0 bridgehead atoms. The highest BCUT2D eigenvalue weighted by Gasteiger charge is 2.74. The van der Waals surface area contributed by atoms with Gasteiger partial charge in [-0.2, -0.15) is 0 Å². The molecule has 4 aliphatic carbocycles. The van der Waals surface area contributed by atoms with E-state index in [1.165, 1.54) is 12.5 Å². The summed E-state index contributed by atoms with van der Waals surface area (Å²) in [6.07, 6.45) is -11.8. The molecule has 5 saturated heterocycles. The van der Waals surface area contributed by atoms with Crippen molar-refractivity contribution >= 4 is 0 Å². The summed E-state index contributed by atoms with van der Waals surface area (Å²) < 4.78 is 49.5. The number of hydrogen-bond donors (Lipinski definition) is 9. The van der Waals surface area contributed by atoms with Crippen molar-refractivity contribution in [2.24, 2.45) is 40.4 Å². The van der Waals surface area contributed by atoms with E-state index in [0.717, 1.165) is 38.5 Å². The smallest absolute Gasteiger partial charge is 0.187 e. The molecule has 9 N–H and O–H groups in total. The first-order valence-electron chi connectivity index (χ1n) is 22.9. The Morgan fingerprint density at radius 3 is 2.20 bits per heavy atom. The van der Waals surface area contributed by atoms with Crippen molar-refractivity contribution in [2.45, 2.75) is 202 Å². The Kier molecular flexibility index (Phi) is 12.2. The molecule has 3 saturated carbocycles. The molecule has 17 nitrogen and oxygen atoms in total. The van der Waals surface area contributed by atoms with Gasteiger partial charge in [-0.1, -0.05) is 39.3 Å². The lowest BCUT2D eigenvalue weighted by molar-refractivity contribution is -0.385. The van der Waals surface area contributed by atoms with Crippen LogP contribution in [0.3, 0.4) is 0 Å². The number of aliphatic hydroxyl groups is 9. The second-order valence-corrected chi connectivity index (χ2v) is 20.8. The highest BCUT2D eigenvalue weighted by Crippen LogP contribution is 2.72. The molecule has 17 heteroatoms. The van der Waals surface area contributed by atoms with E-state index in [0.29, 0.717) is 31.8 Å². The van der Waals surface area contributed by atoms with Crippen LogP contribution in [0.25, 0.3) is 0 Å². The molecule has 0 aromatic heterocycles. The summed E-state index contributed by atoms with van der Waals surface area (Å²) in [5, 5.41) is 98.1. The van der Waals surface area contributed by atoms with Crippen LogP contribution in [0.15, 0.2) is 11.6 Å². The highest BCUT2D eigenvalue weighted by atomic mass is 16.8. The third-order valence-electron chi connectivity index (χ3n) is 17.5. The van der Waals surface area contributed by atoms with Gasteiger partial charge in [0.05, 0.1) is 43.7 Å².